The number of aromatic amines is 1. The number of alkyl halides is 1. The zero-order valence-corrected chi connectivity index (χ0v) is 14.6. The van der Waals surface area contributed by atoms with Crippen LogP contribution in [-0.4, -0.2) is 21.8 Å². The summed E-state index contributed by atoms with van der Waals surface area (Å²) in [4.78, 5) is 33.2. The molecule has 1 aromatic carbocycles. The van der Waals surface area contributed by atoms with Gasteiger partial charge >= 0.3 is 0 Å². The van der Waals surface area contributed by atoms with Gasteiger partial charge in [0.05, 0.1) is 10.3 Å². The van der Waals surface area contributed by atoms with Crippen LogP contribution in [0.25, 0.3) is 10.2 Å². The van der Waals surface area contributed by atoms with Crippen LogP contribution < -0.4 is 10.9 Å². The number of aromatic nitrogens is 2. The predicted molar refractivity (Wildman–Crippen MR) is 98.4 cm³/mol. The van der Waals surface area contributed by atoms with Crippen LogP contribution in [0.1, 0.15) is 27.5 Å². The molecule has 124 valence electrons. The van der Waals surface area contributed by atoms with Crippen molar-refractivity contribution in [3.63, 3.8) is 0 Å². The monoisotopic (exact) mass is 361 g/mol. The van der Waals surface area contributed by atoms with Crippen LogP contribution in [0.5, 0.6) is 0 Å². The van der Waals surface area contributed by atoms with Crippen molar-refractivity contribution in [3.05, 3.63) is 57.0 Å². The minimum Gasteiger partial charge on any atom is -0.321 e. The summed E-state index contributed by atoms with van der Waals surface area (Å²) < 4.78 is 0. The lowest BCUT2D eigenvalue weighted by Crippen LogP contribution is -2.13. The van der Waals surface area contributed by atoms with Crippen molar-refractivity contribution in [2.24, 2.45) is 0 Å². The molecule has 0 radical (unpaired) electrons. The summed E-state index contributed by atoms with van der Waals surface area (Å²) in [5.74, 6) is 0.878. The molecule has 2 aromatic heterocycles. The molecule has 5 nitrogen and oxygen atoms in total. The van der Waals surface area contributed by atoms with E-state index >= 15 is 0 Å². The van der Waals surface area contributed by atoms with E-state index in [9.17, 15) is 9.59 Å². The summed E-state index contributed by atoms with van der Waals surface area (Å²) in [5.41, 5.74) is 1.15. The molecule has 0 aliphatic carbocycles. The Morgan fingerprint density at radius 1 is 1.33 bits per heavy atom. The first kappa shape index (κ1) is 16.7. The highest BCUT2D eigenvalue weighted by Gasteiger charge is 2.19. The number of fused-ring (bicyclic) bond motifs is 1. The second-order valence-electron chi connectivity index (χ2n) is 5.36. The number of amides is 1. The number of nitrogens with zero attached hydrogens (tertiary/aromatic N) is 1. The van der Waals surface area contributed by atoms with Gasteiger partial charge in [-0.1, -0.05) is 18.2 Å². The molecule has 0 saturated carbocycles. The fourth-order valence-electron chi connectivity index (χ4n) is 2.47. The van der Waals surface area contributed by atoms with E-state index in [1.54, 1.807) is 6.92 Å². The first-order chi connectivity index (χ1) is 11.6. The molecule has 0 bridgehead atoms. The number of thiophene rings is 1. The van der Waals surface area contributed by atoms with Crippen LogP contribution in [0.2, 0.25) is 0 Å². The number of nitrogens with one attached hydrogen (secondary N) is 2. The largest absolute Gasteiger partial charge is 0.321 e. The quantitative estimate of drug-likeness (QED) is 0.680. The molecule has 0 unspecified atom stereocenters. The number of H-pyrrole nitrogens is 1. The molecule has 0 aliphatic heterocycles. The third-order valence-corrected chi connectivity index (χ3v) is 5.09. The number of anilines is 1. The molecule has 2 heterocycles. The van der Waals surface area contributed by atoms with Crippen LogP contribution in [0.3, 0.4) is 0 Å². The van der Waals surface area contributed by atoms with Gasteiger partial charge in [0.25, 0.3) is 11.5 Å². The number of carbonyl (C=O) groups excluding carboxylic acids is 1. The number of carbonyl (C=O) groups is 1. The zero-order chi connectivity index (χ0) is 17.1. The molecule has 1 amide bonds. The average molecular weight is 362 g/mol. The summed E-state index contributed by atoms with van der Waals surface area (Å²) in [7, 11) is 0. The summed E-state index contributed by atoms with van der Waals surface area (Å²) >= 11 is 6.92. The van der Waals surface area contributed by atoms with E-state index in [2.05, 4.69) is 15.3 Å². The van der Waals surface area contributed by atoms with E-state index < -0.39 is 0 Å². The van der Waals surface area contributed by atoms with E-state index in [4.69, 9.17) is 11.6 Å². The first-order valence-corrected chi connectivity index (χ1v) is 8.90. The fourth-order valence-corrected chi connectivity index (χ4v) is 3.70. The Morgan fingerprint density at radius 3 is 2.79 bits per heavy atom. The van der Waals surface area contributed by atoms with Crippen LogP contribution in [0.4, 0.5) is 5.69 Å². The summed E-state index contributed by atoms with van der Waals surface area (Å²) in [6.45, 7) is 1.77. The zero-order valence-electron chi connectivity index (χ0n) is 13.1. The van der Waals surface area contributed by atoms with Crippen molar-refractivity contribution in [1.29, 1.82) is 0 Å². The Balaban J connectivity index is 1.97. The average Bonchev–Trinajstić information content (AvgIpc) is 2.91. The normalized spacial score (nSPS) is 10.9. The Hall–Kier alpha value is -2.18. The Morgan fingerprint density at radius 2 is 2.08 bits per heavy atom. The van der Waals surface area contributed by atoms with Gasteiger partial charge in [-0.25, -0.2) is 4.98 Å². The number of hydrogen-bond donors (Lipinski definition) is 2. The van der Waals surface area contributed by atoms with Crippen LogP contribution >= 0.6 is 22.9 Å². The van der Waals surface area contributed by atoms with Crippen molar-refractivity contribution in [1.82, 2.24) is 9.97 Å². The van der Waals surface area contributed by atoms with Crippen molar-refractivity contribution in [2.75, 3.05) is 11.2 Å². The van der Waals surface area contributed by atoms with E-state index in [-0.39, 0.29) is 11.5 Å². The highest BCUT2D eigenvalue weighted by molar-refractivity contribution is 7.20. The third-order valence-electron chi connectivity index (χ3n) is 3.63. The molecule has 0 fully saturated rings. The molecule has 0 spiro atoms. The lowest BCUT2D eigenvalue weighted by Gasteiger charge is -2.03. The number of hydrogen-bond acceptors (Lipinski definition) is 4. The summed E-state index contributed by atoms with van der Waals surface area (Å²) in [6.07, 6.45) is 1.35. The molecule has 24 heavy (non-hydrogen) atoms. The number of halogens is 1. The van der Waals surface area contributed by atoms with Gasteiger partial charge < -0.3 is 10.3 Å². The molecule has 7 heteroatoms. The van der Waals surface area contributed by atoms with Crippen molar-refractivity contribution < 1.29 is 4.79 Å². The number of benzene rings is 1. The van der Waals surface area contributed by atoms with Gasteiger partial charge in [-0.15, -0.1) is 22.9 Å². The first-order valence-electron chi connectivity index (χ1n) is 7.55. The van der Waals surface area contributed by atoms with Crippen molar-refractivity contribution in [3.8, 4) is 0 Å². The molecule has 0 aliphatic rings. The summed E-state index contributed by atoms with van der Waals surface area (Å²) in [6, 6.07) is 9.21. The molecule has 2 N–H and O–H groups in total. The molecule has 3 rings (SSSR count). The van der Waals surface area contributed by atoms with Crippen LogP contribution in [-0.2, 0) is 6.42 Å². The highest BCUT2D eigenvalue weighted by Crippen LogP contribution is 2.27. The Kier molecular flexibility index (Phi) is 4.97. The topological polar surface area (TPSA) is 74.8 Å². The van der Waals surface area contributed by atoms with E-state index in [1.165, 1.54) is 11.3 Å². The number of aryl methyl sites for hydroxylation is 2. The molecular weight excluding hydrogens is 346 g/mol. The fraction of sp³-hybridized carbons (Fsp3) is 0.235. The maximum Gasteiger partial charge on any atom is 0.266 e. The Bertz CT molecular complexity index is 934. The van der Waals surface area contributed by atoms with Crippen molar-refractivity contribution >= 4 is 44.7 Å². The second-order valence-corrected chi connectivity index (χ2v) is 6.74. The van der Waals surface area contributed by atoms with Gasteiger partial charge in [0.2, 0.25) is 0 Å². The van der Waals surface area contributed by atoms with Gasteiger partial charge in [0, 0.05) is 18.0 Å². The standard InChI is InChI=1S/C17H16ClN3O2S/c1-10-13-15(22)20-12(8-5-9-18)21-17(13)24-14(10)16(23)19-11-6-3-2-4-7-11/h2-4,6-7H,5,8-9H2,1H3,(H,19,23)(H,20,21,22). The Labute approximate surface area is 147 Å². The van der Waals surface area contributed by atoms with Crippen LogP contribution in [0, 0.1) is 6.92 Å². The third kappa shape index (κ3) is 3.34. The lowest BCUT2D eigenvalue weighted by molar-refractivity contribution is 0.103. The van der Waals surface area contributed by atoms with Gasteiger partial charge in [-0.2, -0.15) is 0 Å². The maximum atomic E-state index is 12.5. The number of para-hydroxylation sites is 1. The molecule has 3 aromatic rings. The van der Waals surface area contributed by atoms with Gasteiger partial charge in [-0.05, 0) is 31.0 Å². The van der Waals surface area contributed by atoms with Gasteiger partial charge in [0.1, 0.15) is 10.7 Å². The maximum absolute atomic E-state index is 12.5. The van der Waals surface area contributed by atoms with Crippen LogP contribution in [0.15, 0.2) is 35.1 Å². The molecule has 0 atom stereocenters. The number of rotatable bonds is 5. The minimum absolute atomic E-state index is 0.211. The SMILES string of the molecule is Cc1c(C(=O)Nc2ccccc2)sc2nc(CCCCl)[nH]c(=O)c12. The van der Waals surface area contributed by atoms with E-state index in [0.29, 0.717) is 44.5 Å². The van der Waals surface area contributed by atoms with E-state index in [0.717, 1.165) is 6.42 Å². The second kappa shape index (κ2) is 7.15. The lowest BCUT2D eigenvalue weighted by atomic mass is 10.2. The van der Waals surface area contributed by atoms with E-state index in [1.807, 2.05) is 30.3 Å². The predicted octanol–water partition coefficient (Wildman–Crippen LogP) is 3.72. The van der Waals surface area contributed by atoms with Gasteiger partial charge in [0.15, 0.2) is 0 Å². The highest BCUT2D eigenvalue weighted by atomic mass is 35.5. The van der Waals surface area contributed by atoms with Gasteiger partial charge in [-0.3, -0.25) is 9.59 Å². The van der Waals surface area contributed by atoms with Crippen molar-refractivity contribution in [2.45, 2.75) is 19.8 Å². The summed E-state index contributed by atoms with van der Waals surface area (Å²) in [5, 5.41) is 3.32. The smallest absolute Gasteiger partial charge is 0.266 e. The molecular formula is C17H16ClN3O2S. The molecule has 0 saturated heterocycles. The minimum atomic E-state index is -0.233.